The van der Waals surface area contributed by atoms with Gasteiger partial charge in [0, 0.05) is 18.0 Å². The lowest BCUT2D eigenvalue weighted by Gasteiger charge is -2.16. The second-order valence-corrected chi connectivity index (χ2v) is 4.56. The molecule has 0 bridgehead atoms. The van der Waals surface area contributed by atoms with Crippen molar-refractivity contribution < 1.29 is 4.79 Å². The SMILES string of the molecule is CCN(CC)CCC(=O)/C=C/c1ccc(Cl)cc1. The van der Waals surface area contributed by atoms with Crippen LogP contribution in [0.3, 0.4) is 0 Å². The topological polar surface area (TPSA) is 20.3 Å². The van der Waals surface area contributed by atoms with Crippen molar-refractivity contribution in [3.05, 3.63) is 40.9 Å². The third-order valence-electron chi connectivity index (χ3n) is 2.90. The lowest BCUT2D eigenvalue weighted by Crippen LogP contribution is -2.25. The highest BCUT2D eigenvalue weighted by Gasteiger charge is 2.02. The highest BCUT2D eigenvalue weighted by atomic mass is 35.5. The van der Waals surface area contributed by atoms with Crippen LogP contribution in [0.25, 0.3) is 6.08 Å². The number of halogens is 1. The Labute approximate surface area is 114 Å². The minimum atomic E-state index is 0.164. The normalized spacial score (nSPS) is 11.3. The number of nitrogens with zero attached hydrogens (tertiary/aromatic N) is 1. The molecule has 0 aliphatic heterocycles. The van der Waals surface area contributed by atoms with Gasteiger partial charge in [0.05, 0.1) is 0 Å². The van der Waals surface area contributed by atoms with E-state index in [2.05, 4.69) is 18.7 Å². The first kappa shape index (κ1) is 14.9. The van der Waals surface area contributed by atoms with Gasteiger partial charge in [-0.3, -0.25) is 4.79 Å². The van der Waals surface area contributed by atoms with E-state index in [9.17, 15) is 4.79 Å². The Bertz CT molecular complexity index is 393. The molecule has 0 N–H and O–H groups in total. The van der Waals surface area contributed by atoms with Gasteiger partial charge in [-0.15, -0.1) is 0 Å². The van der Waals surface area contributed by atoms with E-state index in [0.717, 1.165) is 25.2 Å². The molecule has 0 aliphatic carbocycles. The predicted molar refractivity (Wildman–Crippen MR) is 77.9 cm³/mol. The number of carbonyl (C=O) groups is 1. The van der Waals surface area contributed by atoms with Gasteiger partial charge < -0.3 is 4.90 Å². The number of rotatable bonds is 7. The summed E-state index contributed by atoms with van der Waals surface area (Å²) in [5.74, 6) is 0.164. The second kappa shape index (κ2) is 8.06. The molecule has 0 spiro atoms. The van der Waals surface area contributed by atoms with Crippen molar-refractivity contribution in [1.82, 2.24) is 4.90 Å². The monoisotopic (exact) mass is 265 g/mol. The van der Waals surface area contributed by atoms with E-state index in [4.69, 9.17) is 11.6 Å². The number of hydrogen-bond donors (Lipinski definition) is 0. The average Bonchev–Trinajstić information content (AvgIpc) is 2.39. The Morgan fingerprint density at radius 1 is 1.22 bits per heavy atom. The third kappa shape index (κ3) is 5.48. The molecule has 3 heteroatoms. The molecule has 1 rings (SSSR count). The van der Waals surface area contributed by atoms with Gasteiger partial charge in [-0.05, 0) is 36.9 Å². The Balaban J connectivity index is 2.42. The van der Waals surface area contributed by atoms with Crippen molar-refractivity contribution in [2.75, 3.05) is 19.6 Å². The molecule has 98 valence electrons. The summed E-state index contributed by atoms with van der Waals surface area (Å²) in [7, 11) is 0. The van der Waals surface area contributed by atoms with Gasteiger partial charge in [-0.2, -0.15) is 0 Å². The molecule has 0 saturated heterocycles. The fourth-order valence-electron chi connectivity index (χ4n) is 1.65. The first-order valence-electron chi connectivity index (χ1n) is 6.34. The van der Waals surface area contributed by atoms with Crippen molar-refractivity contribution >= 4 is 23.5 Å². The van der Waals surface area contributed by atoms with Crippen LogP contribution >= 0.6 is 11.6 Å². The molecule has 0 unspecified atom stereocenters. The lowest BCUT2D eigenvalue weighted by molar-refractivity contribution is -0.114. The quantitative estimate of drug-likeness (QED) is 0.702. The van der Waals surface area contributed by atoms with Crippen molar-refractivity contribution in [3.8, 4) is 0 Å². The van der Waals surface area contributed by atoms with Crippen molar-refractivity contribution in [2.24, 2.45) is 0 Å². The summed E-state index contributed by atoms with van der Waals surface area (Å²) in [5, 5.41) is 0.708. The predicted octanol–water partition coefficient (Wildman–Crippen LogP) is 3.65. The maximum atomic E-state index is 11.7. The van der Waals surface area contributed by atoms with Gasteiger partial charge in [0.15, 0.2) is 5.78 Å². The number of ketones is 1. The smallest absolute Gasteiger partial charge is 0.156 e. The Morgan fingerprint density at radius 3 is 2.39 bits per heavy atom. The zero-order chi connectivity index (χ0) is 13.4. The fourth-order valence-corrected chi connectivity index (χ4v) is 1.78. The largest absolute Gasteiger partial charge is 0.303 e. The van der Waals surface area contributed by atoms with E-state index in [0.29, 0.717) is 11.4 Å². The van der Waals surface area contributed by atoms with Gasteiger partial charge in [0.1, 0.15) is 0 Å². The zero-order valence-corrected chi connectivity index (χ0v) is 11.8. The minimum Gasteiger partial charge on any atom is -0.303 e. The van der Waals surface area contributed by atoms with Crippen LogP contribution < -0.4 is 0 Å². The standard InChI is InChI=1S/C15H20ClNO/c1-3-17(4-2)12-11-15(18)10-7-13-5-8-14(16)9-6-13/h5-10H,3-4,11-12H2,1-2H3/b10-7+. The summed E-state index contributed by atoms with van der Waals surface area (Å²) in [4.78, 5) is 13.9. The van der Waals surface area contributed by atoms with Crippen LogP contribution in [-0.4, -0.2) is 30.3 Å². The van der Waals surface area contributed by atoms with Crippen molar-refractivity contribution in [3.63, 3.8) is 0 Å². The Morgan fingerprint density at radius 2 is 1.83 bits per heavy atom. The Kier molecular flexibility index (Phi) is 6.69. The van der Waals surface area contributed by atoms with Gasteiger partial charge in [0.25, 0.3) is 0 Å². The number of carbonyl (C=O) groups excluding carboxylic acids is 1. The highest BCUT2D eigenvalue weighted by Crippen LogP contribution is 2.10. The molecular weight excluding hydrogens is 246 g/mol. The molecule has 0 aliphatic rings. The molecule has 0 heterocycles. The maximum Gasteiger partial charge on any atom is 0.156 e. The zero-order valence-electron chi connectivity index (χ0n) is 11.0. The van der Waals surface area contributed by atoms with E-state index in [-0.39, 0.29) is 5.78 Å². The van der Waals surface area contributed by atoms with Crippen molar-refractivity contribution in [2.45, 2.75) is 20.3 Å². The van der Waals surface area contributed by atoms with Crippen molar-refractivity contribution in [1.29, 1.82) is 0 Å². The number of hydrogen-bond acceptors (Lipinski definition) is 2. The van der Waals surface area contributed by atoms with Gasteiger partial charge >= 0.3 is 0 Å². The molecule has 1 aromatic rings. The van der Waals surface area contributed by atoms with E-state index < -0.39 is 0 Å². The number of allylic oxidation sites excluding steroid dienone is 1. The highest BCUT2D eigenvalue weighted by molar-refractivity contribution is 6.30. The third-order valence-corrected chi connectivity index (χ3v) is 3.15. The van der Waals surface area contributed by atoms with Gasteiger partial charge in [-0.25, -0.2) is 0 Å². The Hall–Kier alpha value is -1.12. The van der Waals surface area contributed by atoms with Crippen LogP contribution in [0.1, 0.15) is 25.8 Å². The first-order chi connectivity index (χ1) is 8.65. The molecule has 0 radical (unpaired) electrons. The molecular formula is C15H20ClNO. The lowest BCUT2D eigenvalue weighted by atomic mass is 10.1. The summed E-state index contributed by atoms with van der Waals surface area (Å²) < 4.78 is 0. The van der Waals surface area contributed by atoms with Crippen LogP contribution in [-0.2, 0) is 4.79 Å². The number of benzene rings is 1. The van der Waals surface area contributed by atoms with E-state index in [1.54, 1.807) is 6.08 Å². The van der Waals surface area contributed by atoms with Gasteiger partial charge in [-0.1, -0.05) is 43.7 Å². The van der Waals surface area contributed by atoms with E-state index in [1.807, 2.05) is 30.3 Å². The molecule has 18 heavy (non-hydrogen) atoms. The van der Waals surface area contributed by atoms with E-state index >= 15 is 0 Å². The van der Waals surface area contributed by atoms with Crippen LogP contribution in [0.15, 0.2) is 30.3 Å². The molecule has 2 nitrogen and oxygen atoms in total. The summed E-state index contributed by atoms with van der Waals surface area (Å²) in [6.45, 7) is 7.03. The molecule has 0 amide bonds. The van der Waals surface area contributed by atoms with Crippen LogP contribution in [0.2, 0.25) is 5.02 Å². The van der Waals surface area contributed by atoms with E-state index in [1.165, 1.54) is 0 Å². The fraction of sp³-hybridized carbons (Fsp3) is 0.400. The van der Waals surface area contributed by atoms with Crippen LogP contribution in [0, 0.1) is 0 Å². The molecule has 0 fully saturated rings. The van der Waals surface area contributed by atoms with Crippen LogP contribution in [0.5, 0.6) is 0 Å². The summed E-state index contributed by atoms with van der Waals surface area (Å²) >= 11 is 5.79. The summed E-state index contributed by atoms with van der Waals surface area (Å²) in [6.07, 6.45) is 4.05. The first-order valence-corrected chi connectivity index (χ1v) is 6.72. The molecule has 0 aromatic heterocycles. The molecule has 1 aromatic carbocycles. The average molecular weight is 266 g/mol. The molecule has 0 atom stereocenters. The summed E-state index contributed by atoms with van der Waals surface area (Å²) in [5.41, 5.74) is 0.996. The van der Waals surface area contributed by atoms with Gasteiger partial charge in [0.2, 0.25) is 0 Å². The second-order valence-electron chi connectivity index (χ2n) is 4.13. The summed E-state index contributed by atoms with van der Waals surface area (Å²) in [6, 6.07) is 7.44. The van der Waals surface area contributed by atoms with Crippen LogP contribution in [0.4, 0.5) is 0 Å². The minimum absolute atomic E-state index is 0.164. The molecule has 0 saturated carbocycles. The maximum absolute atomic E-state index is 11.7.